The normalized spacial score (nSPS) is 18.3. The topological polar surface area (TPSA) is 58.4 Å². The molecule has 1 aromatic heterocycles. The Morgan fingerprint density at radius 2 is 2.12 bits per heavy atom. The Kier molecular flexibility index (Phi) is 5.67. The number of halogens is 2. The third-order valence-electron chi connectivity index (χ3n) is 4.65. The molecule has 0 saturated carbocycles. The van der Waals surface area contributed by atoms with Gasteiger partial charge in [-0.05, 0) is 51.4 Å². The first-order valence-electron chi connectivity index (χ1n) is 8.37. The lowest BCUT2D eigenvalue weighted by Gasteiger charge is -2.34. The van der Waals surface area contributed by atoms with Crippen LogP contribution in [-0.2, 0) is 11.3 Å². The molecule has 0 aliphatic carbocycles. The lowest BCUT2D eigenvalue weighted by Crippen LogP contribution is -2.46. The summed E-state index contributed by atoms with van der Waals surface area (Å²) in [7, 11) is 0. The number of carbonyl (C=O) groups excluding carboxylic acids is 1. The van der Waals surface area contributed by atoms with Gasteiger partial charge in [-0.1, -0.05) is 34.8 Å². The van der Waals surface area contributed by atoms with Gasteiger partial charge in [-0.15, -0.1) is 0 Å². The van der Waals surface area contributed by atoms with Gasteiger partial charge in [0.05, 0.1) is 21.8 Å². The number of nitrogens with zero attached hydrogens (tertiary/aromatic N) is 2. The predicted octanol–water partition coefficient (Wildman–Crippen LogP) is 4.59. The zero-order chi connectivity index (χ0) is 18.0. The average Bonchev–Trinajstić information content (AvgIpc) is 2.90. The van der Waals surface area contributed by atoms with Crippen molar-refractivity contribution in [2.45, 2.75) is 45.7 Å². The fraction of sp³-hybridized carbons (Fsp3) is 0.444. The number of hydrogen-bond acceptors (Lipinski definition) is 4. The summed E-state index contributed by atoms with van der Waals surface area (Å²) in [6.07, 6.45) is 2.95. The second-order valence-corrected chi connectivity index (χ2v) is 7.22. The molecule has 0 spiro atoms. The van der Waals surface area contributed by atoms with Crippen molar-refractivity contribution < 1.29 is 9.32 Å². The van der Waals surface area contributed by atoms with Crippen molar-refractivity contribution in [1.29, 1.82) is 0 Å². The Balaban J connectivity index is 1.73. The van der Waals surface area contributed by atoms with Crippen LogP contribution < -0.4 is 5.32 Å². The van der Waals surface area contributed by atoms with E-state index in [9.17, 15) is 4.79 Å². The smallest absolute Gasteiger partial charge is 0.241 e. The summed E-state index contributed by atoms with van der Waals surface area (Å²) in [6, 6.07) is 4.93. The van der Waals surface area contributed by atoms with Gasteiger partial charge in [-0.25, -0.2) is 0 Å². The molecule has 7 heteroatoms. The number of carbonyl (C=O) groups is 1. The summed E-state index contributed by atoms with van der Waals surface area (Å²) in [5, 5.41) is 7.86. The van der Waals surface area contributed by atoms with Crippen molar-refractivity contribution in [3.05, 3.63) is 45.3 Å². The molecular weight excluding hydrogens is 361 g/mol. The molecule has 1 atom stereocenters. The number of benzene rings is 1. The van der Waals surface area contributed by atoms with E-state index >= 15 is 0 Å². The molecule has 1 N–H and O–H groups in total. The second-order valence-electron chi connectivity index (χ2n) is 6.40. The van der Waals surface area contributed by atoms with E-state index in [1.165, 1.54) is 0 Å². The molecular formula is C18H21Cl2N3O2. The van der Waals surface area contributed by atoms with E-state index in [2.05, 4.69) is 15.4 Å². The molecule has 0 bridgehead atoms. The number of rotatable bonds is 4. The van der Waals surface area contributed by atoms with E-state index in [1.54, 1.807) is 18.2 Å². The zero-order valence-electron chi connectivity index (χ0n) is 14.3. The number of piperidine rings is 1. The Labute approximate surface area is 157 Å². The first-order chi connectivity index (χ1) is 12.0. The van der Waals surface area contributed by atoms with Gasteiger partial charge in [0.2, 0.25) is 5.91 Å². The standard InChI is InChI=1S/C18H21Cl2N3O2/c1-11-14(12(2)25-22-11)10-23-8-4-3-5-17(23)18(24)21-13-6-7-15(19)16(20)9-13/h6-7,9,17H,3-5,8,10H2,1-2H3,(H,21,24). The van der Waals surface area contributed by atoms with Crippen molar-refractivity contribution in [3.63, 3.8) is 0 Å². The van der Waals surface area contributed by atoms with Gasteiger partial charge in [0.15, 0.2) is 0 Å². The van der Waals surface area contributed by atoms with Crippen molar-refractivity contribution in [3.8, 4) is 0 Å². The Hall–Kier alpha value is -1.56. The van der Waals surface area contributed by atoms with Crippen molar-refractivity contribution in [2.24, 2.45) is 0 Å². The van der Waals surface area contributed by atoms with Crippen LogP contribution in [0.3, 0.4) is 0 Å². The van der Waals surface area contributed by atoms with Gasteiger partial charge in [0, 0.05) is 17.8 Å². The molecule has 1 aromatic carbocycles. The van der Waals surface area contributed by atoms with Crippen LogP contribution in [0.2, 0.25) is 10.0 Å². The summed E-state index contributed by atoms with van der Waals surface area (Å²) >= 11 is 12.0. The average molecular weight is 382 g/mol. The molecule has 5 nitrogen and oxygen atoms in total. The summed E-state index contributed by atoms with van der Waals surface area (Å²) in [5.41, 5.74) is 2.60. The summed E-state index contributed by atoms with van der Waals surface area (Å²) in [4.78, 5) is 15.0. The Bertz CT molecular complexity index is 756. The van der Waals surface area contributed by atoms with Gasteiger partial charge < -0.3 is 9.84 Å². The zero-order valence-corrected chi connectivity index (χ0v) is 15.8. The number of nitrogens with one attached hydrogen (secondary N) is 1. The van der Waals surface area contributed by atoms with Gasteiger partial charge in [-0.2, -0.15) is 0 Å². The van der Waals surface area contributed by atoms with Crippen molar-refractivity contribution >= 4 is 34.8 Å². The molecule has 1 saturated heterocycles. The van der Waals surface area contributed by atoms with Gasteiger partial charge in [0.1, 0.15) is 5.76 Å². The van der Waals surface area contributed by atoms with Crippen LogP contribution in [0.15, 0.2) is 22.7 Å². The van der Waals surface area contributed by atoms with Crippen LogP contribution in [0.4, 0.5) is 5.69 Å². The minimum Gasteiger partial charge on any atom is -0.361 e. The predicted molar refractivity (Wildman–Crippen MR) is 99.1 cm³/mol. The number of amides is 1. The molecule has 1 amide bonds. The van der Waals surface area contributed by atoms with Crippen molar-refractivity contribution in [2.75, 3.05) is 11.9 Å². The first-order valence-corrected chi connectivity index (χ1v) is 9.13. The van der Waals surface area contributed by atoms with E-state index in [0.717, 1.165) is 42.8 Å². The fourth-order valence-electron chi connectivity index (χ4n) is 3.21. The van der Waals surface area contributed by atoms with Gasteiger partial charge in [-0.3, -0.25) is 9.69 Å². The number of anilines is 1. The second kappa shape index (κ2) is 7.77. The Morgan fingerprint density at radius 3 is 2.80 bits per heavy atom. The molecule has 1 aliphatic heterocycles. The van der Waals surface area contributed by atoms with Crippen LogP contribution in [-0.4, -0.2) is 28.6 Å². The van der Waals surface area contributed by atoms with Gasteiger partial charge in [0.25, 0.3) is 0 Å². The summed E-state index contributed by atoms with van der Waals surface area (Å²) in [6.45, 7) is 5.38. The van der Waals surface area contributed by atoms with Crippen molar-refractivity contribution in [1.82, 2.24) is 10.1 Å². The van der Waals surface area contributed by atoms with E-state index in [4.69, 9.17) is 27.7 Å². The summed E-state index contributed by atoms with van der Waals surface area (Å²) in [5.74, 6) is 0.788. The van der Waals surface area contributed by atoms with E-state index in [-0.39, 0.29) is 11.9 Å². The van der Waals surface area contributed by atoms with Gasteiger partial charge >= 0.3 is 0 Å². The third-order valence-corrected chi connectivity index (χ3v) is 5.38. The molecule has 1 fully saturated rings. The molecule has 3 rings (SSSR count). The maximum atomic E-state index is 12.8. The molecule has 2 heterocycles. The van der Waals surface area contributed by atoms with E-state index < -0.39 is 0 Å². The largest absolute Gasteiger partial charge is 0.361 e. The van der Waals surface area contributed by atoms with Crippen LogP contribution >= 0.6 is 23.2 Å². The molecule has 134 valence electrons. The number of hydrogen-bond donors (Lipinski definition) is 1. The lowest BCUT2D eigenvalue weighted by atomic mass is 10.00. The van der Waals surface area contributed by atoms with Crippen LogP contribution in [0.25, 0.3) is 0 Å². The molecule has 2 aromatic rings. The van der Waals surface area contributed by atoms with Crippen LogP contribution in [0.1, 0.15) is 36.3 Å². The van der Waals surface area contributed by atoms with E-state index in [1.807, 2.05) is 13.8 Å². The monoisotopic (exact) mass is 381 g/mol. The number of aromatic nitrogens is 1. The molecule has 0 radical (unpaired) electrons. The summed E-state index contributed by atoms with van der Waals surface area (Å²) < 4.78 is 5.25. The molecule has 1 aliphatic rings. The Morgan fingerprint density at radius 1 is 1.32 bits per heavy atom. The highest BCUT2D eigenvalue weighted by Gasteiger charge is 2.30. The maximum Gasteiger partial charge on any atom is 0.241 e. The van der Waals surface area contributed by atoms with Crippen LogP contribution in [0.5, 0.6) is 0 Å². The number of aryl methyl sites for hydroxylation is 2. The lowest BCUT2D eigenvalue weighted by molar-refractivity contribution is -0.122. The SMILES string of the molecule is Cc1noc(C)c1CN1CCCCC1C(=O)Nc1ccc(Cl)c(Cl)c1. The minimum absolute atomic E-state index is 0.0233. The maximum absolute atomic E-state index is 12.8. The molecule has 25 heavy (non-hydrogen) atoms. The highest BCUT2D eigenvalue weighted by atomic mass is 35.5. The molecule has 1 unspecified atom stereocenters. The third kappa shape index (κ3) is 4.17. The minimum atomic E-state index is -0.183. The fourth-order valence-corrected chi connectivity index (χ4v) is 3.51. The van der Waals surface area contributed by atoms with Crippen LogP contribution in [0, 0.1) is 13.8 Å². The highest BCUT2D eigenvalue weighted by molar-refractivity contribution is 6.42. The quantitative estimate of drug-likeness (QED) is 0.840. The first kappa shape index (κ1) is 18.2. The number of likely N-dealkylation sites (tertiary alicyclic amines) is 1. The van der Waals surface area contributed by atoms with E-state index in [0.29, 0.717) is 22.3 Å². The highest BCUT2D eigenvalue weighted by Crippen LogP contribution is 2.27.